The number of hydrogen-bond acceptors (Lipinski definition) is 6. The quantitative estimate of drug-likeness (QED) is 0.136. The molecule has 0 saturated carbocycles. The predicted octanol–water partition coefficient (Wildman–Crippen LogP) is 29.5. The van der Waals surface area contributed by atoms with E-state index in [1.807, 2.05) is 36.4 Å². The van der Waals surface area contributed by atoms with Gasteiger partial charge in [0.2, 0.25) is 0 Å². The minimum absolute atomic E-state index is 0.0406. The average molecular weight is 1420 g/mol. The van der Waals surface area contributed by atoms with E-state index in [1.54, 1.807) is 0 Å². The van der Waals surface area contributed by atoms with Gasteiger partial charge in [-0.2, -0.15) is 0 Å². The van der Waals surface area contributed by atoms with E-state index in [-0.39, 0.29) is 10.8 Å². The largest absolute Gasteiger partial charge is 0.456 e. The summed E-state index contributed by atoms with van der Waals surface area (Å²) in [4.78, 5) is 4.82. The molecule has 524 valence electrons. The molecule has 0 aliphatic heterocycles. The number of rotatable bonds is 10. The molecule has 0 aliphatic rings. The molecule has 0 aliphatic carbocycles. The van der Waals surface area contributed by atoms with Crippen LogP contribution in [0.5, 0.6) is 0 Å². The zero-order valence-corrected chi connectivity index (χ0v) is 61.6. The lowest BCUT2D eigenvalue weighted by Gasteiger charge is -2.26. The van der Waals surface area contributed by atoms with Gasteiger partial charge in [-0.15, -0.1) is 0 Å². The number of hydrogen-bond donors (Lipinski definition) is 0. The minimum Gasteiger partial charge on any atom is -0.456 e. The third kappa shape index (κ3) is 10.1. The second-order valence-corrected chi connectivity index (χ2v) is 31.7. The zero-order chi connectivity index (χ0) is 73.4. The average Bonchev–Trinajstić information content (AvgIpc) is 1.54. The molecule has 0 saturated heterocycles. The molecule has 0 amide bonds. The lowest BCUT2D eigenvalue weighted by molar-refractivity contribution is 0.590. The highest BCUT2D eigenvalue weighted by molar-refractivity contribution is 6.30. The molecular formula is C102H72N4O4. The molecule has 6 heterocycles. The molecule has 6 aromatic heterocycles. The summed E-state index contributed by atoms with van der Waals surface area (Å²) in [6.07, 6.45) is 0. The Labute approximate surface area is 633 Å². The van der Waals surface area contributed by atoms with Crippen molar-refractivity contribution < 1.29 is 17.7 Å². The number of fused-ring (bicyclic) bond motifs is 19. The number of benzene rings is 16. The van der Waals surface area contributed by atoms with E-state index in [0.717, 1.165) is 188 Å². The summed E-state index contributed by atoms with van der Waals surface area (Å²) in [5.74, 6) is 1.70. The standard InChI is InChI=1S/C102H72N4O4/c1-101(2,3)69-29-35-71(36-30-69)105-87-47-45-82-81(99(87)83-43-39-77(59-89(83)105)103(75-41-49-95-85(57-75)79-17-9-13-21-93(79)109-95)73-33-27-61-51-67(25-23-63(61)53-73)97-55-65-15-7-11-19-91(65)107-97)46-48-88-100(82)84-44-40-78(60-90(84)106(88)72-37-31-70(32-38-72)102(4,5)6)104(76-42-50-96-86(58-76)80-18-10-14-22-94(80)110-96)74-34-28-62-52-68(26-24-64(62)54-74)98-56-66-16-8-12-20-92(66)108-98/h7-60H,1-6H3. The molecule has 0 spiro atoms. The fourth-order valence-electron chi connectivity index (χ4n) is 17.4. The summed E-state index contributed by atoms with van der Waals surface area (Å²) in [7, 11) is 0. The Hall–Kier alpha value is -13.8. The molecule has 8 nitrogen and oxygen atoms in total. The fraction of sp³-hybridized carbons (Fsp3) is 0.0784. The van der Waals surface area contributed by atoms with Gasteiger partial charge in [0.25, 0.3) is 0 Å². The van der Waals surface area contributed by atoms with Crippen LogP contribution in [0, 0.1) is 0 Å². The summed E-state index contributed by atoms with van der Waals surface area (Å²) in [5.41, 5.74) is 22.5. The summed E-state index contributed by atoms with van der Waals surface area (Å²) in [6, 6.07) is 120. The third-order valence-electron chi connectivity index (χ3n) is 22.9. The molecule has 0 fully saturated rings. The summed E-state index contributed by atoms with van der Waals surface area (Å²) in [6.45, 7) is 13.7. The smallest absolute Gasteiger partial charge is 0.135 e. The predicted molar refractivity (Wildman–Crippen MR) is 459 cm³/mol. The Kier molecular flexibility index (Phi) is 13.8. The number of para-hydroxylation sites is 4. The van der Waals surface area contributed by atoms with E-state index in [4.69, 9.17) is 17.7 Å². The number of furan rings is 4. The highest BCUT2D eigenvalue weighted by atomic mass is 16.3. The van der Waals surface area contributed by atoms with Crippen molar-refractivity contribution in [1.29, 1.82) is 0 Å². The van der Waals surface area contributed by atoms with Crippen molar-refractivity contribution >= 4 is 176 Å². The first-order valence-electron chi connectivity index (χ1n) is 37.9. The van der Waals surface area contributed by atoms with Crippen molar-refractivity contribution in [3.63, 3.8) is 0 Å². The SMILES string of the molecule is CC(C)(C)c1ccc(-n2c3cc(N(c4ccc5cc(-c6cc7ccccc7o6)ccc5c4)c4ccc5oc6ccccc6c5c4)ccc3c3c4ccc5c(c4ccc32)c2ccc(N(c3ccc4cc(-c6cc7ccccc7o6)ccc4c3)c3ccc4oc6ccccc6c4c3)cc2n5-c2ccc(C(C)(C)C)cc2)cc1. The molecule has 0 N–H and O–H groups in total. The highest BCUT2D eigenvalue weighted by Gasteiger charge is 2.27. The maximum atomic E-state index is 6.49. The second-order valence-electron chi connectivity index (χ2n) is 31.7. The van der Waals surface area contributed by atoms with E-state index < -0.39 is 0 Å². The number of anilines is 6. The minimum atomic E-state index is -0.0406. The lowest BCUT2D eigenvalue weighted by atomic mass is 9.87. The van der Waals surface area contributed by atoms with Gasteiger partial charge in [-0.25, -0.2) is 0 Å². The van der Waals surface area contributed by atoms with E-state index >= 15 is 0 Å². The Balaban J connectivity index is 0.749. The molecule has 0 unspecified atom stereocenters. The summed E-state index contributed by atoms with van der Waals surface area (Å²) >= 11 is 0. The molecule has 8 heteroatoms. The van der Waals surface area contributed by atoms with Crippen LogP contribution in [0.15, 0.2) is 345 Å². The van der Waals surface area contributed by atoms with Gasteiger partial charge in [0.15, 0.2) is 0 Å². The Morgan fingerprint density at radius 3 is 1.00 bits per heavy atom. The number of aromatic nitrogens is 2. The van der Waals surface area contributed by atoms with Gasteiger partial charge in [0.1, 0.15) is 45.0 Å². The topological polar surface area (TPSA) is 68.9 Å². The zero-order valence-electron chi connectivity index (χ0n) is 61.6. The van der Waals surface area contributed by atoms with Crippen LogP contribution in [0.3, 0.4) is 0 Å². The van der Waals surface area contributed by atoms with Crippen LogP contribution in [0.25, 0.3) is 176 Å². The van der Waals surface area contributed by atoms with Crippen LogP contribution < -0.4 is 9.80 Å². The van der Waals surface area contributed by atoms with Crippen LogP contribution in [-0.4, -0.2) is 9.13 Å². The number of nitrogens with zero attached hydrogens (tertiary/aromatic N) is 4. The Morgan fingerprint density at radius 2 is 0.573 bits per heavy atom. The van der Waals surface area contributed by atoms with Gasteiger partial charge < -0.3 is 36.6 Å². The third-order valence-corrected chi connectivity index (χ3v) is 22.9. The highest BCUT2D eigenvalue weighted by Crippen LogP contribution is 2.49. The van der Waals surface area contributed by atoms with E-state index in [2.05, 4.69) is 352 Å². The van der Waals surface area contributed by atoms with Gasteiger partial charge in [-0.3, -0.25) is 0 Å². The summed E-state index contributed by atoms with van der Waals surface area (Å²) < 4.78 is 30.8. The van der Waals surface area contributed by atoms with E-state index in [1.165, 1.54) is 32.7 Å². The first-order chi connectivity index (χ1) is 53.7. The molecule has 16 aromatic carbocycles. The molecule has 110 heavy (non-hydrogen) atoms. The molecule has 0 bridgehead atoms. The Bertz CT molecular complexity index is 7050. The van der Waals surface area contributed by atoms with Crippen LogP contribution in [0.1, 0.15) is 52.7 Å². The fourth-order valence-corrected chi connectivity index (χ4v) is 17.4. The maximum absolute atomic E-state index is 6.49. The van der Waals surface area contributed by atoms with Crippen LogP contribution in [0.2, 0.25) is 0 Å². The normalized spacial score (nSPS) is 12.5. The first-order valence-corrected chi connectivity index (χ1v) is 37.9. The van der Waals surface area contributed by atoms with Gasteiger partial charge in [0.05, 0.1) is 22.1 Å². The van der Waals surface area contributed by atoms with Crippen molar-refractivity contribution in [3.05, 3.63) is 339 Å². The van der Waals surface area contributed by atoms with Crippen molar-refractivity contribution in [2.45, 2.75) is 52.4 Å². The van der Waals surface area contributed by atoms with Crippen LogP contribution >= 0.6 is 0 Å². The second kappa shape index (κ2) is 23.8. The van der Waals surface area contributed by atoms with Gasteiger partial charge in [-0.1, -0.05) is 199 Å². The van der Waals surface area contributed by atoms with E-state index in [9.17, 15) is 0 Å². The molecule has 22 aromatic rings. The van der Waals surface area contributed by atoms with Gasteiger partial charge >= 0.3 is 0 Å². The van der Waals surface area contributed by atoms with Crippen molar-refractivity contribution in [2.24, 2.45) is 0 Å². The molecule has 0 radical (unpaired) electrons. The van der Waals surface area contributed by atoms with Crippen LogP contribution in [0.4, 0.5) is 34.1 Å². The van der Waals surface area contributed by atoms with Gasteiger partial charge in [0, 0.05) is 110 Å². The van der Waals surface area contributed by atoms with E-state index in [0.29, 0.717) is 0 Å². The van der Waals surface area contributed by atoms with Gasteiger partial charge in [-0.05, 0) is 224 Å². The lowest BCUT2D eigenvalue weighted by Crippen LogP contribution is -2.11. The molecule has 22 rings (SSSR count). The molecule has 0 atom stereocenters. The van der Waals surface area contributed by atoms with Crippen molar-refractivity contribution in [3.8, 4) is 34.0 Å². The molecular weight excluding hydrogens is 1350 g/mol. The Morgan fingerprint density at radius 1 is 0.227 bits per heavy atom. The van der Waals surface area contributed by atoms with Crippen LogP contribution in [-0.2, 0) is 10.8 Å². The summed E-state index contributed by atoms with van der Waals surface area (Å²) in [5, 5.41) is 18.0. The van der Waals surface area contributed by atoms with Crippen molar-refractivity contribution in [1.82, 2.24) is 9.13 Å². The maximum Gasteiger partial charge on any atom is 0.135 e. The first kappa shape index (κ1) is 63.5. The monoisotopic (exact) mass is 1420 g/mol. The van der Waals surface area contributed by atoms with Crippen molar-refractivity contribution in [2.75, 3.05) is 9.80 Å².